The van der Waals surface area contributed by atoms with Crippen molar-refractivity contribution in [1.82, 2.24) is 0 Å². The summed E-state index contributed by atoms with van der Waals surface area (Å²) >= 11 is 0. The van der Waals surface area contributed by atoms with Crippen LogP contribution in [0.25, 0.3) is 22.3 Å². The first-order valence-corrected chi connectivity index (χ1v) is 28.8. The average Bonchev–Trinajstić information content (AvgIpc) is 2.40. The van der Waals surface area contributed by atoms with E-state index < -0.39 is 59.6 Å². The summed E-state index contributed by atoms with van der Waals surface area (Å²) in [6.45, 7) is 7.55. The second-order valence-corrected chi connectivity index (χ2v) is 21.7. The fourth-order valence-electron chi connectivity index (χ4n) is 11.0. The van der Waals surface area contributed by atoms with Gasteiger partial charge in [0.05, 0.1) is 11.1 Å². The number of hydrogen-bond donors (Lipinski definition) is 0. The quantitative estimate of drug-likeness (QED) is 0.0664. The summed E-state index contributed by atoms with van der Waals surface area (Å²) in [5, 5.41) is 0.0149. The summed E-state index contributed by atoms with van der Waals surface area (Å²) in [4.78, 5) is 44.4. The summed E-state index contributed by atoms with van der Waals surface area (Å²) in [6, 6.07) is 61.3. The summed E-state index contributed by atoms with van der Waals surface area (Å²) in [7, 11) is 0. The van der Waals surface area contributed by atoms with E-state index >= 15 is 4.79 Å². The number of fused-ring (bicyclic) bond motifs is 3. The molecule has 0 N–H and O–H groups in total. The first kappa shape index (κ1) is 56.3. The first-order chi connectivity index (χ1) is 41.4. The van der Waals surface area contributed by atoms with Crippen LogP contribution in [0.3, 0.4) is 0 Å². The summed E-state index contributed by atoms with van der Waals surface area (Å²) in [5.74, 6) is -3.12. The highest BCUT2D eigenvalue weighted by Gasteiger charge is 2.58. The van der Waals surface area contributed by atoms with Gasteiger partial charge in [-0.05, 0) is 91.4 Å². The van der Waals surface area contributed by atoms with Crippen molar-refractivity contribution in [2.24, 2.45) is 0 Å². The Morgan fingerprint density at radius 2 is 1.12 bits per heavy atom. The summed E-state index contributed by atoms with van der Waals surface area (Å²) in [5.41, 5.74) is 5.73. The average molecular weight is 1140 g/mol. The van der Waals surface area contributed by atoms with Crippen molar-refractivity contribution in [2.75, 3.05) is 6.61 Å². The van der Waals surface area contributed by atoms with Gasteiger partial charge in [-0.3, -0.25) is 4.79 Å². The molecule has 0 spiro atoms. The van der Waals surface area contributed by atoms with E-state index in [0.717, 1.165) is 59.1 Å². The maximum absolute atomic E-state index is 16.1. The van der Waals surface area contributed by atoms with Crippen LogP contribution in [-0.2, 0) is 55.5 Å². The SMILES string of the molecule is CCCc1ccc(C(=O)OC[C@H]2O[C@@H](Oc3c(-c4ccc5c(c4)OC(c4ccccc4)(c4ccccc4)O5)oc4cc(OCc5ccccc5)cc(OCc5ccccc5)c4c3=O)[C@H](OC(=O)c3ccc(CCC)cc3)[C@H]3OC(C)(C)O[C@H]32)cc1. The van der Waals surface area contributed by atoms with Gasteiger partial charge >= 0.3 is 17.7 Å². The normalized spacial score (nSPS) is 18.9. The zero-order valence-electron chi connectivity index (χ0n) is 47.6. The zero-order valence-corrected chi connectivity index (χ0v) is 47.6. The highest BCUT2D eigenvalue weighted by molar-refractivity contribution is 5.91. The Hall–Kier alpha value is -9.21. The molecular formula is C71H64O14. The second-order valence-electron chi connectivity index (χ2n) is 21.7. The van der Waals surface area contributed by atoms with Crippen molar-refractivity contribution >= 4 is 22.9 Å². The zero-order chi connectivity index (χ0) is 58.5. The molecule has 0 amide bonds. The number of esters is 2. The van der Waals surface area contributed by atoms with Gasteiger partial charge in [0, 0.05) is 28.8 Å². The summed E-state index contributed by atoms with van der Waals surface area (Å²) < 4.78 is 73.3. The van der Waals surface area contributed by atoms with Crippen molar-refractivity contribution in [3.05, 3.63) is 255 Å². The number of aryl methyl sites for hydroxylation is 2. The molecule has 12 rings (SSSR count). The van der Waals surface area contributed by atoms with E-state index in [1.807, 2.05) is 146 Å². The van der Waals surface area contributed by atoms with Crippen LogP contribution in [0.4, 0.5) is 0 Å². The number of benzene rings is 8. The molecule has 14 heteroatoms. The van der Waals surface area contributed by atoms with Gasteiger partial charge in [-0.15, -0.1) is 0 Å². The van der Waals surface area contributed by atoms with Crippen molar-refractivity contribution in [1.29, 1.82) is 0 Å². The fourth-order valence-corrected chi connectivity index (χ4v) is 11.0. The minimum absolute atomic E-state index is 0.0149. The minimum Gasteiger partial charge on any atom is -0.489 e. The Balaban J connectivity index is 0.994. The maximum atomic E-state index is 16.1. The lowest BCUT2D eigenvalue weighted by atomic mass is 9.97. The van der Waals surface area contributed by atoms with Crippen LogP contribution < -0.4 is 29.1 Å². The monoisotopic (exact) mass is 1140 g/mol. The maximum Gasteiger partial charge on any atom is 0.338 e. The smallest absolute Gasteiger partial charge is 0.338 e. The number of rotatable bonds is 20. The molecule has 1 aromatic heterocycles. The van der Waals surface area contributed by atoms with Crippen LogP contribution in [0.5, 0.6) is 28.7 Å². The molecule has 2 saturated heterocycles. The van der Waals surface area contributed by atoms with Crippen molar-refractivity contribution in [3.8, 4) is 40.1 Å². The molecule has 8 aromatic carbocycles. The molecule has 0 saturated carbocycles. The molecule has 4 heterocycles. The lowest BCUT2D eigenvalue weighted by molar-refractivity contribution is -0.253. The van der Waals surface area contributed by atoms with Crippen LogP contribution in [0.2, 0.25) is 0 Å². The topological polar surface area (TPSA) is 157 Å². The molecule has 85 heavy (non-hydrogen) atoms. The Bertz CT molecular complexity index is 3810. The van der Waals surface area contributed by atoms with Crippen molar-refractivity contribution < 1.29 is 61.4 Å². The van der Waals surface area contributed by atoms with Crippen molar-refractivity contribution in [3.63, 3.8) is 0 Å². The lowest BCUT2D eigenvalue weighted by Gasteiger charge is -2.41. The molecule has 0 unspecified atom stereocenters. The van der Waals surface area contributed by atoms with Gasteiger partial charge in [0.2, 0.25) is 17.5 Å². The number of hydrogen-bond acceptors (Lipinski definition) is 14. The highest BCUT2D eigenvalue weighted by Crippen LogP contribution is 2.50. The molecule has 2 fully saturated rings. The van der Waals surface area contributed by atoms with Crippen LogP contribution in [0.1, 0.15) is 94.6 Å². The molecule has 14 nitrogen and oxygen atoms in total. The van der Waals surface area contributed by atoms with E-state index in [1.165, 1.54) is 0 Å². The minimum atomic E-state index is -1.64. The van der Waals surface area contributed by atoms with E-state index in [-0.39, 0.29) is 53.6 Å². The molecule has 0 aliphatic carbocycles. The van der Waals surface area contributed by atoms with Gasteiger partial charge in [-0.1, -0.05) is 172 Å². The third kappa shape index (κ3) is 12.1. The lowest BCUT2D eigenvalue weighted by Crippen LogP contribution is -2.60. The number of carbonyl (C=O) groups excluding carboxylic acids is 2. The molecule has 0 bridgehead atoms. The molecule has 5 atom stereocenters. The Morgan fingerprint density at radius 1 is 0.565 bits per heavy atom. The van der Waals surface area contributed by atoms with Crippen LogP contribution >= 0.6 is 0 Å². The van der Waals surface area contributed by atoms with Crippen LogP contribution in [0.15, 0.2) is 209 Å². The Kier molecular flexibility index (Phi) is 16.3. The molecule has 3 aliphatic rings. The van der Waals surface area contributed by atoms with E-state index in [4.69, 9.17) is 51.8 Å². The van der Waals surface area contributed by atoms with Crippen LogP contribution in [-0.4, -0.2) is 55.0 Å². The Morgan fingerprint density at radius 3 is 1.72 bits per heavy atom. The van der Waals surface area contributed by atoms with E-state index in [0.29, 0.717) is 28.4 Å². The van der Waals surface area contributed by atoms with E-state index in [1.54, 1.807) is 68.4 Å². The molecule has 9 aromatic rings. The Labute approximate surface area is 492 Å². The predicted octanol–water partition coefficient (Wildman–Crippen LogP) is 13.9. The molecule has 0 radical (unpaired) electrons. The first-order valence-electron chi connectivity index (χ1n) is 28.8. The largest absolute Gasteiger partial charge is 0.489 e. The van der Waals surface area contributed by atoms with Gasteiger partial charge < -0.3 is 51.8 Å². The molecule has 3 aliphatic heterocycles. The van der Waals surface area contributed by atoms with Gasteiger partial charge in [0.25, 0.3) is 0 Å². The predicted molar refractivity (Wildman–Crippen MR) is 318 cm³/mol. The highest BCUT2D eigenvalue weighted by atomic mass is 16.8. The number of ether oxygens (including phenoxy) is 10. The van der Waals surface area contributed by atoms with Gasteiger partial charge in [-0.2, -0.15) is 0 Å². The fraction of sp³-hybridized carbons (Fsp3) is 0.254. The summed E-state index contributed by atoms with van der Waals surface area (Å²) in [6.07, 6.45) is -2.65. The number of carbonyl (C=O) groups is 2. The third-order valence-electron chi connectivity index (χ3n) is 15.1. The molecular weight excluding hydrogens is 1080 g/mol. The van der Waals surface area contributed by atoms with Crippen LogP contribution in [0, 0.1) is 0 Å². The van der Waals surface area contributed by atoms with Gasteiger partial charge in [-0.25, -0.2) is 9.59 Å². The third-order valence-corrected chi connectivity index (χ3v) is 15.1. The molecule has 432 valence electrons. The van der Waals surface area contributed by atoms with Gasteiger partial charge in [0.1, 0.15) is 60.6 Å². The van der Waals surface area contributed by atoms with Gasteiger partial charge in [0.15, 0.2) is 29.2 Å². The standard InChI is InChI=1S/C71H64O14/c1-5-19-45-29-33-49(34-30-45)67(73)77-44-59-63-65(85-70(3,4)84-63)66(80-68(74)50-35-31-46(20-6-2)32-36-50)69(79-59)81-64-61(72)60-57(76-43-48-23-13-8-14-24-48)40-54(75-42-47-21-11-7-12-22-47)41-58(60)78-62(64)51-37-38-55-56(39-51)83-71(82-55,52-25-15-9-16-26-52)53-27-17-10-18-28-53/h7-18,21-41,59,63,65-66,69H,5-6,19-20,42-44H2,1-4H3/t59-,63+,65+,66-,69+/m1/s1. The second kappa shape index (κ2) is 24.6. The van der Waals surface area contributed by atoms with E-state index in [9.17, 15) is 9.59 Å². The van der Waals surface area contributed by atoms with Crippen molar-refractivity contribution in [2.45, 2.75) is 109 Å². The van der Waals surface area contributed by atoms with E-state index in [2.05, 4.69) is 13.8 Å².